The highest BCUT2D eigenvalue weighted by atomic mass is 32.1. The van der Waals surface area contributed by atoms with Crippen molar-refractivity contribution in [2.75, 3.05) is 19.5 Å². The third-order valence-electron chi connectivity index (χ3n) is 3.31. The van der Waals surface area contributed by atoms with Crippen molar-refractivity contribution in [3.05, 3.63) is 46.8 Å². The van der Waals surface area contributed by atoms with Gasteiger partial charge in [0.2, 0.25) is 0 Å². The van der Waals surface area contributed by atoms with Crippen LogP contribution in [-0.4, -0.2) is 19.2 Å². The quantitative estimate of drug-likeness (QED) is 0.775. The van der Waals surface area contributed by atoms with Gasteiger partial charge in [-0.25, -0.2) is 4.98 Å². The van der Waals surface area contributed by atoms with Crippen LogP contribution in [0.4, 0.5) is 5.82 Å². The Labute approximate surface area is 127 Å². The van der Waals surface area contributed by atoms with E-state index in [0.29, 0.717) is 5.75 Å². The summed E-state index contributed by atoms with van der Waals surface area (Å²) in [6.45, 7) is 0.754. The van der Waals surface area contributed by atoms with Crippen molar-refractivity contribution in [2.24, 2.45) is 0 Å². The first-order valence-corrected chi connectivity index (χ1v) is 7.52. The summed E-state index contributed by atoms with van der Waals surface area (Å²) in [6.07, 6.45) is 1.80. The van der Waals surface area contributed by atoms with E-state index in [4.69, 9.17) is 9.47 Å². The molecule has 0 bridgehead atoms. The maximum absolute atomic E-state index is 5.37. The molecule has 0 spiro atoms. The van der Waals surface area contributed by atoms with Crippen LogP contribution in [0.25, 0.3) is 10.8 Å². The third-order valence-corrected chi connectivity index (χ3v) is 4.04. The second kappa shape index (κ2) is 6.01. The molecule has 108 valence electrons. The van der Waals surface area contributed by atoms with Gasteiger partial charge in [-0.3, -0.25) is 0 Å². The van der Waals surface area contributed by atoms with Gasteiger partial charge in [-0.05, 0) is 46.0 Å². The van der Waals surface area contributed by atoms with Crippen LogP contribution in [0, 0.1) is 0 Å². The van der Waals surface area contributed by atoms with Gasteiger partial charge in [0.1, 0.15) is 5.82 Å². The lowest BCUT2D eigenvalue weighted by Gasteiger charge is -2.12. The number of benzene rings is 1. The molecule has 2 aromatic heterocycles. The number of methoxy groups -OCH3 is 2. The van der Waals surface area contributed by atoms with Gasteiger partial charge >= 0.3 is 0 Å². The first-order valence-electron chi connectivity index (χ1n) is 6.57. The number of pyridine rings is 1. The fourth-order valence-electron chi connectivity index (χ4n) is 2.22. The third kappa shape index (κ3) is 2.78. The average Bonchev–Trinajstić information content (AvgIpc) is 3.04. The van der Waals surface area contributed by atoms with Crippen molar-refractivity contribution in [1.29, 1.82) is 0 Å². The predicted molar refractivity (Wildman–Crippen MR) is 86.5 cm³/mol. The molecule has 0 fully saturated rings. The summed E-state index contributed by atoms with van der Waals surface area (Å²) in [4.78, 5) is 4.43. The molecule has 0 amide bonds. The summed E-state index contributed by atoms with van der Waals surface area (Å²) < 4.78 is 10.7. The number of fused-ring (bicyclic) bond motifs is 1. The number of aromatic nitrogens is 1. The highest BCUT2D eigenvalue weighted by Crippen LogP contribution is 2.34. The minimum absolute atomic E-state index is 0.705. The van der Waals surface area contributed by atoms with Gasteiger partial charge in [0.15, 0.2) is 11.5 Å². The highest BCUT2D eigenvalue weighted by molar-refractivity contribution is 7.07. The number of anilines is 1. The standard InChI is InChI=1S/C16H16N2O2S/c1-19-14-7-12-3-5-17-16(13(12)8-15(14)20-2)18-9-11-4-6-21-10-11/h3-8,10H,9H2,1-2H3,(H,17,18). The van der Waals surface area contributed by atoms with E-state index in [1.54, 1.807) is 31.8 Å². The molecule has 0 radical (unpaired) electrons. The van der Waals surface area contributed by atoms with Gasteiger partial charge in [-0.1, -0.05) is 0 Å². The molecule has 1 aromatic carbocycles. The Balaban J connectivity index is 1.98. The molecule has 3 aromatic rings. The zero-order chi connectivity index (χ0) is 14.7. The zero-order valence-corrected chi connectivity index (χ0v) is 12.7. The van der Waals surface area contributed by atoms with Gasteiger partial charge in [0.05, 0.1) is 14.2 Å². The Bertz CT molecular complexity index is 741. The normalized spacial score (nSPS) is 10.6. The van der Waals surface area contributed by atoms with Crippen molar-refractivity contribution < 1.29 is 9.47 Å². The average molecular weight is 300 g/mol. The smallest absolute Gasteiger partial charge is 0.161 e. The number of thiophene rings is 1. The summed E-state index contributed by atoms with van der Waals surface area (Å²) in [5, 5.41) is 9.66. The molecule has 1 N–H and O–H groups in total. The minimum Gasteiger partial charge on any atom is -0.493 e. The molecular weight excluding hydrogens is 284 g/mol. The summed E-state index contributed by atoms with van der Waals surface area (Å²) in [7, 11) is 3.28. The number of rotatable bonds is 5. The molecule has 2 heterocycles. The van der Waals surface area contributed by atoms with Crippen LogP contribution >= 0.6 is 11.3 Å². The lowest BCUT2D eigenvalue weighted by Crippen LogP contribution is -2.01. The van der Waals surface area contributed by atoms with Crippen LogP contribution in [0.15, 0.2) is 41.2 Å². The Morgan fingerprint density at radius 2 is 1.95 bits per heavy atom. The number of hydrogen-bond donors (Lipinski definition) is 1. The maximum Gasteiger partial charge on any atom is 0.161 e. The molecule has 4 nitrogen and oxygen atoms in total. The van der Waals surface area contributed by atoms with Crippen molar-refractivity contribution >= 4 is 27.9 Å². The number of nitrogens with one attached hydrogen (secondary N) is 1. The van der Waals surface area contributed by atoms with Gasteiger partial charge in [-0.15, -0.1) is 0 Å². The Hall–Kier alpha value is -2.27. The fourth-order valence-corrected chi connectivity index (χ4v) is 2.89. The first kappa shape index (κ1) is 13.7. The second-order valence-corrected chi connectivity index (χ2v) is 5.35. The SMILES string of the molecule is COc1cc2ccnc(NCc3ccsc3)c2cc1OC. The molecule has 5 heteroatoms. The van der Waals surface area contributed by atoms with Gasteiger partial charge in [0.25, 0.3) is 0 Å². The van der Waals surface area contributed by atoms with Crippen molar-refractivity contribution in [1.82, 2.24) is 4.98 Å². The molecule has 21 heavy (non-hydrogen) atoms. The van der Waals surface area contributed by atoms with Crippen molar-refractivity contribution in [3.8, 4) is 11.5 Å². The number of nitrogens with zero attached hydrogens (tertiary/aromatic N) is 1. The molecule has 3 rings (SSSR count). The summed E-state index contributed by atoms with van der Waals surface area (Å²) >= 11 is 1.69. The molecule has 0 aliphatic rings. The molecule has 0 saturated carbocycles. The minimum atomic E-state index is 0.705. The van der Waals surface area contributed by atoms with Crippen LogP contribution in [0.3, 0.4) is 0 Å². The Morgan fingerprint density at radius 3 is 2.67 bits per heavy atom. The lowest BCUT2D eigenvalue weighted by atomic mass is 10.1. The zero-order valence-electron chi connectivity index (χ0n) is 11.9. The van der Waals surface area contributed by atoms with Crippen molar-refractivity contribution in [2.45, 2.75) is 6.54 Å². The number of hydrogen-bond acceptors (Lipinski definition) is 5. The number of ether oxygens (including phenoxy) is 2. The lowest BCUT2D eigenvalue weighted by molar-refractivity contribution is 0.356. The van der Waals surface area contributed by atoms with Crippen LogP contribution in [-0.2, 0) is 6.54 Å². The molecule has 0 aliphatic heterocycles. The first-order chi connectivity index (χ1) is 10.3. The van der Waals surface area contributed by atoms with E-state index in [-0.39, 0.29) is 0 Å². The van der Waals surface area contributed by atoms with E-state index >= 15 is 0 Å². The van der Waals surface area contributed by atoms with E-state index in [0.717, 1.165) is 28.9 Å². The largest absolute Gasteiger partial charge is 0.493 e. The Kier molecular flexibility index (Phi) is 3.92. The van der Waals surface area contributed by atoms with E-state index in [1.165, 1.54) is 5.56 Å². The van der Waals surface area contributed by atoms with Crippen LogP contribution in [0.1, 0.15) is 5.56 Å². The maximum atomic E-state index is 5.37. The summed E-state index contributed by atoms with van der Waals surface area (Å²) in [5.74, 6) is 2.27. The highest BCUT2D eigenvalue weighted by Gasteiger charge is 2.09. The van der Waals surface area contributed by atoms with E-state index in [1.807, 2.05) is 18.2 Å². The van der Waals surface area contributed by atoms with E-state index in [2.05, 4.69) is 27.1 Å². The van der Waals surface area contributed by atoms with Crippen LogP contribution in [0.5, 0.6) is 11.5 Å². The molecule has 0 atom stereocenters. The van der Waals surface area contributed by atoms with Gasteiger partial charge < -0.3 is 14.8 Å². The van der Waals surface area contributed by atoms with Gasteiger partial charge in [-0.2, -0.15) is 11.3 Å². The predicted octanol–water partition coefficient (Wildman–Crippen LogP) is 3.93. The van der Waals surface area contributed by atoms with Gasteiger partial charge in [0, 0.05) is 18.1 Å². The summed E-state index contributed by atoms with van der Waals surface area (Å²) in [6, 6.07) is 7.99. The monoisotopic (exact) mass is 300 g/mol. The molecule has 0 unspecified atom stereocenters. The molecular formula is C16H16N2O2S. The topological polar surface area (TPSA) is 43.4 Å². The van der Waals surface area contributed by atoms with Crippen LogP contribution in [0.2, 0.25) is 0 Å². The molecule has 0 saturated heterocycles. The van der Waals surface area contributed by atoms with E-state index < -0.39 is 0 Å². The van der Waals surface area contributed by atoms with Crippen molar-refractivity contribution in [3.63, 3.8) is 0 Å². The van der Waals surface area contributed by atoms with Crippen LogP contribution < -0.4 is 14.8 Å². The summed E-state index contributed by atoms with van der Waals surface area (Å²) in [5.41, 5.74) is 1.25. The fraction of sp³-hybridized carbons (Fsp3) is 0.188. The Morgan fingerprint density at radius 1 is 1.14 bits per heavy atom. The van der Waals surface area contributed by atoms with E-state index in [9.17, 15) is 0 Å². The molecule has 0 aliphatic carbocycles. The second-order valence-electron chi connectivity index (χ2n) is 4.57.